The van der Waals surface area contributed by atoms with E-state index < -0.39 is 0 Å². The molecule has 4 aliphatic rings. The smallest absolute Gasteiger partial charge is 0.0993 e. The second kappa shape index (κ2) is 4.54. The lowest BCUT2D eigenvalue weighted by Gasteiger charge is -2.56. The molecule has 0 saturated heterocycles. The zero-order valence-electron chi connectivity index (χ0n) is 12.7. The first kappa shape index (κ1) is 13.3. The Hall–Kier alpha value is -0.410. The van der Waals surface area contributed by atoms with Crippen LogP contribution < -0.4 is 5.73 Å². The quantitative estimate of drug-likeness (QED) is 0.906. The summed E-state index contributed by atoms with van der Waals surface area (Å²) in [7, 11) is 0. The molecular weight excluding hydrogens is 264 g/mol. The van der Waals surface area contributed by atoms with Crippen LogP contribution in [0.4, 0.5) is 0 Å². The molecule has 0 amide bonds. The Bertz CT molecular complexity index is 482. The number of aromatic nitrogens is 1. The molecule has 4 fully saturated rings. The third-order valence-electron chi connectivity index (χ3n) is 5.95. The minimum atomic E-state index is 0.441. The lowest BCUT2D eigenvalue weighted by molar-refractivity contribution is -0.00534. The van der Waals surface area contributed by atoms with Crippen LogP contribution in [0.1, 0.15) is 73.9 Å². The van der Waals surface area contributed by atoms with Crippen LogP contribution in [0.15, 0.2) is 0 Å². The molecule has 4 aliphatic carbocycles. The summed E-state index contributed by atoms with van der Waals surface area (Å²) in [5.74, 6) is 3.49. The molecule has 1 aromatic rings. The normalized spacial score (nSPS) is 38.9. The molecule has 0 spiro atoms. The van der Waals surface area contributed by atoms with Crippen LogP contribution in [0.5, 0.6) is 0 Å². The molecular formula is C17H26N2S. The molecule has 5 rings (SSSR count). The maximum Gasteiger partial charge on any atom is 0.0993 e. The predicted molar refractivity (Wildman–Crippen MR) is 83.9 cm³/mol. The van der Waals surface area contributed by atoms with Crippen LogP contribution in [-0.4, -0.2) is 4.98 Å². The summed E-state index contributed by atoms with van der Waals surface area (Å²) < 4.78 is 0. The van der Waals surface area contributed by atoms with E-state index in [0.29, 0.717) is 17.9 Å². The second-order valence-corrected chi connectivity index (χ2v) is 8.97. The van der Waals surface area contributed by atoms with Crippen molar-refractivity contribution in [3.05, 3.63) is 15.6 Å². The highest BCUT2D eigenvalue weighted by molar-refractivity contribution is 7.11. The highest BCUT2D eigenvalue weighted by atomic mass is 32.1. The van der Waals surface area contributed by atoms with Crippen molar-refractivity contribution >= 4 is 11.3 Å². The molecule has 20 heavy (non-hydrogen) atoms. The van der Waals surface area contributed by atoms with Crippen molar-refractivity contribution in [3.8, 4) is 0 Å². The van der Waals surface area contributed by atoms with Crippen molar-refractivity contribution in [2.24, 2.45) is 23.5 Å². The van der Waals surface area contributed by atoms with Gasteiger partial charge in [0.15, 0.2) is 0 Å². The van der Waals surface area contributed by atoms with Gasteiger partial charge < -0.3 is 5.73 Å². The number of thiazole rings is 1. The van der Waals surface area contributed by atoms with E-state index in [1.165, 1.54) is 54.1 Å². The average Bonchev–Trinajstić information content (AvgIpc) is 2.82. The topological polar surface area (TPSA) is 38.9 Å². The second-order valence-electron chi connectivity index (χ2n) is 7.88. The fourth-order valence-electron chi connectivity index (χ4n) is 5.56. The van der Waals surface area contributed by atoms with Crippen molar-refractivity contribution in [3.63, 3.8) is 0 Å². The van der Waals surface area contributed by atoms with E-state index in [0.717, 1.165) is 17.8 Å². The largest absolute Gasteiger partial charge is 0.326 e. The molecule has 4 saturated carbocycles. The van der Waals surface area contributed by atoms with Gasteiger partial charge in [-0.15, -0.1) is 11.3 Å². The van der Waals surface area contributed by atoms with Gasteiger partial charge in [-0.2, -0.15) is 0 Å². The van der Waals surface area contributed by atoms with E-state index in [1.54, 1.807) is 0 Å². The van der Waals surface area contributed by atoms with Crippen molar-refractivity contribution in [2.75, 3.05) is 0 Å². The molecule has 0 radical (unpaired) electrons. The Balaban J connectivity index is 1.73. The van der Waals surface area contributed by atoms with Gasteiger partial charge >= 0.3 is 0 Å². The molecule has 4 bridgehead atoms. The Labute approximate surface area is 126 Å². The van der Waals surface area contributed by atoms with Gasteiger partial charge in [0.1, 0.15) is 0 Å². The van der Waals surface area contributed by atoms with Crippen molar-refractivity contribution in [1.29, 1.82) is 0 Å². The molecule has 0 aromatic carbocycles. The third-order valence-corrected chi connectivity index (χ3v) is 7.29. The standard InChI is InChI=1S/C17H26N2S/c1-10(2)15-14(9-18)20-16(19-15)17-6-11-3-12(7-17)5-13(4-11)8-17/h10-13H,3-9,18H2,1-2H3. The first-order valence-electron chi connectivity index (χ1n) is 8.30. The molecule has 1 aromatic heterocycles. The molecule has 3 heteroatoms. The van der Waals surface area contributed by atoms with Crippen molar-refractivity contribution in [2.45, 2.75) is 70.3 Å². The van der Waals surface area contributed by atoms with E-state index >= 15 is 0 Å². The molecule has 0 aliphatic heterocycles. The van der Waals surface area contributed by atoms with Crippen LogP contribution in [0, 0.1) is 17.8 Å². The number of nitrogens with two attached hydrogens (primary N) is 1. The summed E-state index contributed by atoms with van der Waals surface area (Å²) in [4.78, 5) is 6.45. The van der Waals surface area contributed by atoms with E-state index in [-0.39, 0.29) is 0 Å². The fourth-order valence-corrected chi connectivity index (χ4v) is 6.87. The Morgan fingerprint density at radius 1 is 1.15 bits per heavy atom. The van der Waals surface area contributed by atoms with E-state index in [4.69, 9.17) is 10.7 Å². The molecule has 2 N–H and O–H groups in total. The monoisotopic (exact) mass is 290 g/mol. The van der Waals surface area contributed by atoms with Crippen LogP contribution in [0.3, 0.4) is 0 Å². The van der Waals surface area contributed by atoms with E-state index in [2.05, 4.69) is 13.8 Å². The minimum absolute atomic E-state index is 0.441. The number of rotatable bonds is 3. The summed E-state index contributed by atoms with van der Waals surface area (Å²) in [5.41, 5.74) is 7.69. The minimum Gasteiger partial charge on any atom is -0.326 e. The number of hydrogen-bond acceptors (Lipinski definition) is 3. The van der Waals surface area contributed by atoms with Crippen LogP contribution in [0.2, 0.25) is 0 Å². The zero-order chi connectivity index (χ0) is 13.9. The van der Waals surface area contributed by atoms with Gasteiger partial charge in [-0.25, -0.2) is 4.98 Å². The van der Waals surface area contributed by atoms with Gasteiger partial charge in [0.2, 0.25) is 0 Å². The van der Waals surface area contributed by atoms with E-state index in [1.807, 2.05) is 11.3 Å². The summed E-state index contributed by atoms with van der Waals surface area (Å²) in [5, 5.41) is 1.45. The summed E-state index contributed by atoms with van der Waals surface area (Å²) in [6.45, 7) is 5.16. The highest BCUT2D eigenvalue weighted by Gasteiger charge is 2.53. The van der Waals surface area contributed by atoms with Gasteiger partial charge in [-0.05, 0) is 62.2 Å². The van der Waals surface area contributed by atoms with Gasteiger partial charge in [0.05, 0.1) is 10.7 Å². The summed E-state index contributed by atoms with van der Waals surface area (Å²) >= 11 is 1.94. The van der Waals surface area contributed by atoms with Crippen molar-refractivity contribution < 1.29 is 0 Å². The molecule has 2 nitrogen and oxygen atoms in total. The lowest BCUT2D eigenvalue weighted by Crippen LogP contribution is -2.48. The first-order valence-corrected chi connectivity index (χ1v) is 9.11. The van der Waals surface area contributed by atoms with Crippen LogP contribution in [0.25, 0.3) is 0 Å². The van der Waals surface area contributed by atoms with Gasteiger partial charge in [0, 0.05) is 16.8 Å². The number of hydrogen-bond donors (Lipinski definition) is 1. The molecule has 110 valence electrons. The van der Waals surface area contributed by atoms with Gasteiger partial charge in [-0.3, -0.25) is 0 Å². The highest BCUT2D eigenvalue weighted by Crippen LogP contribution is 2.61. The third kappa shape index (κ3) is 1.89. The molecule has 1 heterocycles. The lowest BCUT2D eigenvalue weighted by atomic mass is 9.50. The SMILES string of the molecule is CC(C)c1nc(C23CC4CC(CC(C4)C2)C3)sc1CN. The maximum absolute atomic E-state index is 5.96. The molecule has 0 unspecified atom stereocenters. The summed E-state index contributed by atoms with van der Waals surface area (Å²) in [6, 6.07) is 0. The summed E-state index contributed by atoms with van der Waals surface area (Å²) in [6.07, 6.45) is 8.75. The fraction of sp³-hybridized carbons (Fsp3) is 0.824. The van der Waals surface area contributed by atoms with Crippen LogP contribution in [-0.2, 0) is 12.0 Å². The van der Waals surface area contributed by atoms with Gasteiger partial charge in [-0.1, -0.05) is 13.8 Å². The first-order chi connectivity index (χ1) is 9.59. The molecule has 0 atom stereocenters. The maximum atomic E-state index is 5.96. The number of nitrogens with zero attached hydrogens (tertiary/aromatic N) is 1. The Morgan fingerprint density at radius 2 is 1.70 bits per heavy atom. The van der Waals surface area contributed by atoms with Gasteiger partial charge in [0.25, 0.3) is 0 Å². The average molecular weight is 290 g/mol. The Kier molecular flexibility index (Phi) is 3.01. The zero-order valence-corrected chi connectivity index (χ0v) is 13.5. The van der Waals surface area contributed by atoms with E-state index in [9.17, 15) is 0 Å². The Morgan fingerprint density at radius 3 is 2.10 bits per heavy atom. The van der Waals surface area contributed by atoms with Crippen molar-refractivity contribution in [1.82, 2.24) is 4.98 Å². The van der Waals surface area contributed by atoms with Crippen LogP contribution >= 0.6 is 11.3 Å². The predicted octanol–water partition coefficient (Wildman–Crippen LogP) is 4.19.